The highest BCUT2D eigenvalue weighted by molar-refractivity contribution is 6.31. The lowest BCUT2D eigenvalue weighted by Crippen LogP contribution is -2.12. The fourth-order valence-corrected chi connectivity index (χ4v) is 2.80. The topological polar surface area (TPSA) is 41.1 Å². The Bertz CT molecular complexity index is 633. The molecule has 0 radical (unpaired) electrons. The normalized spacial score (nSPS) is 17.7. The summed E-state index contributed by atoms with van der Waals surface area (Å²) in [5.41, 5.74) is 2.68. The molecule has 1 amide bonds. The van der Waals surface area contributed by atoms with Gasteiger partial charge < -0.3 is 10.6 Å². The molecule has 1 fully saturated rings. The van der Waals surface area contributed by atoms with Gasteiger partial charge in [-0.25, -0.2) is 0 Å². The summed E-state index contributed by atoms with van der Waals surface area (Å²) in [4.78, 5) is 12.1. The van der Waals surface area contributed by atoms with Crippen molar-refractivity contribution in [1.82, 2.24) is 5.32 Å². The Hall–Kier alpha value is -1.84. The molecule has 0 unspecified atom stereocenters. The SMILES string of the molecule is O=C(Nc1ccc([C@H]2CCNC2)cc1)c1cccc(Cl)c1. The third-order valence-electron chi connectivity index (χ3n) is 3.79. The number of benzene rings is 2. The maximum atomic E-state index is 12.1. The molecule has 2 N–H and O–H groups in total. The molecule has 0 saturated carbocycles. The number of anilines is 1. The van der Waals surface area contributed by atoms with E-state index in [1.165, 1.54) is 12.0 Å². The second-order valence-corrected chi connectivity index (χ2v) is 5.71. The Balaban J connectivity index is 1.68. The van der Waals surface area contributed by atoms with Crippen LogP contribution in [-0.2, 0) is 0 Å². The van der Waals surface area contributed by atoms with E-state index in [0.29, 0.717) is 16.5 Å². The molecule has 3 nitrogen and oxygen atoms in total. The van der Waals surface area contributed by atoms with Crippen molar-refractivity contribution in [2.24, 2.45) is 0 Å². The molecule has 0 aliphatic carbocycles. The first-order chi connectivity index (χ1) is 10.2. The van der Waals surface area contributed by atoms with E-state index in [2.05, 4.69) is 22.8 Å². The second kappa shape index (κ2) is 6.29. The molecule has 0 spiro atoms. The van der Waals surface area contributed by atoms with Crippen LogP contribution in [0.1, 0.15) is 28.3 Å². The molecule has 0 aromatic heterocycles. The van der Waals surface area contributed by atoms with Crippen molar-refractivity contribution in [2.75, 3.05) is 18.4 Å². The van der Waals surface area contributed by atoms with E-state index in [0.717, 1.165) is 18.8 Å². The molecule has 108 valence electrons. The first-order valence-corrected chi connectivity index (χ1v) is 7.48. The minimum absolute atomic E-state index is 0.146. The quantitative estimate of drug-likeness (QED) is 0.908. The van der Waals surface area contributed by atoms with Crippen LogP contribution in [0.5, 0.6) is 0 Å². The van der Waals surface area contributed by atoms with Gasteiger partial charge in [-0.05, 0) is 54.8 Å². The predicted molar refractivity (Wildman–Crippen MR) is 86.1 cm³/mol. The lowest BCUT2D eigenvalue weighted by Gasteiger charge is -2.10. The molecule has 1 heterocycles. The number of carbonyl (C=O) groups excluding carboxylic acids is 1. The van der Waals surface area contributed by atoms with Crippen molar-refractivity contribution in [1.29, 1.82) is 0 Å². The van der Waals surface area contributed by atoms with Crippen LogP contribution in [0.3, 0.4) is 0 Å². The van der Waals surface area contributed by atoms with Gasteiger partial charge in [-0.15, -0.1) is 0 Å². The van der Waals surface area contributed by atoms with Crippen molar-refractivity contribution in [2.45, 2.75) is 12.3 Å². The molecule has 2 aromatic rings. The first-order valence-electron chi connectivity index (χ1n) is 7.10. The minimum Gasteiger partial charge on any atom is -0.322 e. The molecule has 4 heteroatoms. The Kier molecular flexibility index (Phi) is 4.23. The van der Waals surface area contributed by atoms with E-state index in [4.69, 9.17) is 11.6 Å². The maximum Gasteiger partial charge on any atom is 0.255 e. The molecule has 1 aliphatic rings. The number of nitrogens with one attached hydrogen (secondary N) is 2. The van der Waals surface area contributed by atoms with E-state index < -0.39 is 0 Å². The lowest BCUT2D eigenvalue weighted by atomic mass is 9.98. The molecule has 1 saturated heterocycles. The Labute approximate surface area is 129 Å². The molecule has 1 aliphatic heterocycles. The predicted octanol–water partition coefficient (Wildman–Crippen LogP) is 3.67. The molecular weight excluding hydrogens is 284 g/mol. The molecule has 1 atom stereocenters. The molecule has 2 aromatic carbocycles. The zero-order valence-corrected chi connectivity index (χ0v) is 12.4. The van der Waals surface area contributed by atoms with Crippen LogP contribution >= 0.6 is 11.6 Å². The number of rotatable bonds is 3. The zero-order valence-electron chi connectivity index (χ0n) is 11.6. The van der Waals surface area contributed by atoms with Gasteiger partial charge in [0.25, 0.3) is 5.91 Å². The molecule has 21 heavy (non-hydrogen) atoms. The average Bonchev–Trinajstić information content (AvgIpc) is 3.02. The highest BCUT2D eigenvalue weighted by atomic mass is 35.5. The molecular formula is C17H17ClN2O. The van der Waals surface area contributed by atoms with E-state index in [1.54, 1.807) is 24.3 Å². The fraction of sp³-hybridized carbons (Fsp3) is 0.235. The van der Waals surface area contributed by atoms with Gasteiger partial charge >= 0.3 is 0 Å². The molecule has 3 rings (SSSR count). The lowest BCUT2D eigenvalue weighted by molar-refractivity contribution is 0.102. The summed E-state index contributed by atoms with van der Waals surface area (Å²) >= 11 is 5.90. The van der Waals surface area contributed by atoms with Crippen LogP contribution in [0.2, 0.25) is 5.02 Å². The van der Waals surface area contributed by atoms with Gasteiger partial charge in [-0.1, -0.05) is 29.8 Å². The molecule has 0 bridgehead atoms. The highest BCUT2D eigenvalue weighted by Crippen LogP contribution is 2.23. The number of hydrogen-bond acceptors (Lipinski definition) is 2. The van der Waals surface area contributed by atoms with Gasteiger partial charge in [0, 0.05) is 22.8 Å². The number of halogens is 1. The third kappa shape index (κ3) is 3.43. The van der Waals surface area contributed by atoms with Crippen LogP contribution in [0.15, 0.2) is 48.5 Å². The highest BCUT2D eigenvalue weighted by Gasteiger charge is 2.16. The van der Waals surface area contributed by atoms with Crippen molar-refractivity contribution in [3.8, 4) is 0 Å². The summed E-state index contributed by atoms with van der Waals surface area (Å²) in [5, 5.41) is 6.81. The van der Waals surface area contributed by atoms with Crippen LogP contribution < -0.4 is 10.6 Å². The summed E-state index contributed by atoms with van der Waals surface area (Å²) in [5.74, 6) is 0.440. The largest absolute Gasteiger partial charge is 0.322 e. The van der Waals surface area contributed by atoms with Gasteiger partial charge in [-0.3, -0.25) is 4.79 Å². The van der Waals surface area contributed by atoms with Crippen molar-refractivity contribution in [3.05, 3.63) is 64.7 Å². The van der Waals surface area contributed by atoms with E-state index in [-0.39, 0.29) is 5.91 Å². The van der Waals surface area contributed by atoms with E-state index in [9.17, 15) is 4.79 Å². The van der Waals surface area contributed by atoms with Gasteiger partial charge in [0.1, 0.15) is 0 Å². The van der Waals surface area contributed by atoms with Gasteiger partial charge in [0.2, 0.25) is 0 Å². The van der Waals surface area contributed by atoms with E-state index >= 15 is 0 Å². The Morgan fingerprint density at radius 2 is 2.00 bits per heavy atom. The summed E-state index contributed by atoms with van der Waals surface area (Å²) in [7, 11) is 0. The van der Waals surface area contributed by atoms with Crippen molar-refractivity contribution in [3.63, 3.8) is 0 Å². The van der Waals surface area contributed by atoms with E-state index in [1.807, 2.05) is 12.1 Å². The zero-order chi connectivity index (χ0) is 14.7. The van der Waals surface area contributed by atoms with Gasteiger partial charge in [0.05, 0.1) is 0 Å². The number of amides is 1. The smallest absolute Gasteiger partial charge is 0.255 e. The van der Waals surface area contributed by atoms with Crippen molar-refractivity contribution < 1.29 is 4.79 Å². The monoisotopic (exact) mass is 300 g/mol. The van der Waals surface area contributed by atoms with Crippen molar-refractivity contribution >= 4 is 23.2 Å². The summed E-state index contributed by atoms with van der Waals surface area (Å²) in [6.45, 7) is 2.12. The summed E-state index contributed by atoms with van der Waals surface area (Å²) in [6, 6.07) is 15.0. The van der Waals surface area contributed by atoms with Gasteiger partial charge in [-0.2, -0.15) is 0 Å². The standard InChI is InChI=1S/C17H17ClN2O/c18-15-3-1-2-13(10-15)17(21)20-16-6-4-12(5-7-16)14-8-9-19-11-14/h1-7,10,14,19H,8-9,11H2,(H,20,21)/t14-/m0/s1. The summed E-state index contributed by atoms with van der Waals surface area (Å²) < 4.78 is 0. The minimum atomic E-state index is -0.146. The average molecular weight is 301 g/mol. The Morgan fingerprint density at radius 1 is 1.19 bits per heavy atom. The maximum absolute atomic E-state index is 12.1. The third-order valence-corrected chi connectivity index (χ3v) is 4.02. The number of carbonyl (C=O) groups is 1. The fourth-order valence-electron chi connectivity index (χ4n) is 2.61. The summed E-state index contributed by atoms with van der Waals surface area (Å²) in [6.07, 6.45) is 1.17. The van der Waals surface area contributed by atoms with Crippen LogP contribution in [0.25, 0.3) is 0 Å². The van der Waals surface area contributed by atoms with Crippen LogP contribution in [-0.4, -0.2) is 19.0 Å². The first kappa shape index (κ1) is 14.1. The van der Waals surface area contributed by atoms with Crippen LogP contribution in [0, 0.1) is 0 Å². The second-order valence-electron chi connectivity index (χ2n) is 5.28. The number of hydrogen-bond donors (Lipinski definition) is 2. The Morgan fingerprint density at radius 3 is 2.67 bits per heavy atom. The van der Waals surface area contributed by atoms with Gasteiger partial charge in [0.15, 0.2) is 0 Å². The van der Waals surface area contributed by atoms with Crippen LogP contribution in [0.4, 0.5) is 5.69 Å².